The van der Waals surface area contributed by atoms with E-state index in [0.717, 1.165) is 5.56 Å². The Morgan fingerprint density at radius 2 is 1.60 bits per heavy atom. The van der Waals surface area contributed by atoms with Crippen LogP contribution in [0.25, 0.3) is 0 Å². The monoisotopic (exact) mass is 600 g/mol. The van der Waals surface area contributed by atoms with Crippen LogP contribution < -0.4 is 27.4 Å². The van der Waals surface area contributed by atoms with Gasteiger partial charge in [0, 0.05) is 19.4 Å². The average molecular weight is 601 g/mol. The fourth-order valence-corrected chi connectivity index (χ4v) is 5.37. The molecule has 0 aromatic heterocycles. The van der Waals surface area contributed by atoms with Crippen LogP contribution in [0.2, 0.25) is 0 Å². The smallest absolute Gasteiger partial charge is 0.246 e. The molecule has 1 heterocycles. The van der Waals surface area contributed by atoms with Crippen LogP contribution in [0.15, 0.2) is 30.3 Å². The first-order valence-corrected chi connectivity index (χ1v) is 15.6. The zero-order chi connectivity index (χ0) is 32.1. The minimum Gasteiger partial charge on any atom is -0.345 e. The second-order valence-electron chi connectivity index (χ2n) is 12.2. The molecule has 1 aliphatic rings. The Hall–Kier alpha value is -3.31. The lowest BCUT2D eigenvalue weighted by atomic mass is 9.99. The quantitative estimate of drug-likeness (QED) is 0.180. The Morgan fingerprint density at radius 1 is 0.953 bits per heavy atom. The summed E-state index contributed by atoms with van der Waals surface area (Å²) in [6, 6.07) is 5.31. The Kier molecular flexibility index (Phi) is 14.8. The van der Waals surface area contributed by atoms with Crippen LogP contribution in [-0.4, -0.2) is 77.6 Å². The standard InChI is InChI=1S/C32H52N6O5/c1-6-27(39)24(14-10-16-33)35-31(42)28(21(4)5)37-30(41)26-15-11-17-38(26)32(43)25(19-22-12-8-7-9-13-22)36-29(40)23(34)18-20(2)3/h7-9,12-13,20-21,23-26,28H,6,10-11,14-19,33-34H2,1-5H3,(H,35,42)(H,36,40)(H,37,41)/t23-,24-,25+,26-,28-/m0/s1. The molecule has 0 unspecified atom stereocenters. The molecule has 0 aliphatic carbocycles. The van der Waals surface area contributed by atoms with Gasteiger partial charge in [-0.15, -0.1) is 0 Å². The van der Waals surface area contributed by atoms with Crippen molar-refractivity contribution in [1.29, 1.82) is 0 Å². The maximum atomic E-state index is 13.9. The summed E-state index contributed by atoms with van der Waals surface area (Å²) in [4.78, 5) is 67.7. The third kappa shape index (κ3) is 11.0. The minimum absolute atomic E-state index is 0.0946. The van der Waals surface area contributed by atoms with E-state index in [1.54, 1.807) is 6.92 Å². The Labute approximate surface area is 256 Å². The normalized spacial score (nSPS) is 17.7. The molecule has 0 bridgehead atoms. The number of nitrogens with two attached hydrogens (primary N) is 2. The lowest BCUT2D eigenvalue weighted by Gasteiger charge is -2.31. The van der Waals surface area contributed by atoms with Crippen LogP contribution >= 0.6 is 0 Å². The summed E-state index contributed by atoms with van der Waals surface area (Å²) in [5.41, 5.74) is 12.6. The highest BCUT2D eigenvalue weighted by Gasteiger charge is 2.40. The first-order chi connectivity index (χ1) is 20.4. The zero-order valence-electron chi connectivity index (χ0n) is 26.4. The number of nitrogens with one attached hydrogen (secondary N) is 3. The number of Topliss-reactive ketones (excluding diaryl/α,β-unsaturated/α-hetero) is 1. The van der Waals surface area contributed by atoms with E-state index in [9.17, 15) is 24.0 Å². The van der Waals surface area contributed by atoms with Crippen molar-refractivity contribution in [2.24, 2.45) is 23.3 Å². The molecule has 0 spiro atoms. The summed E-state index contributed by atoms with van der Waals surface area (Å²) >= 11 is 0. The van der Waals surface area contributed by atoms with Crippen molar-refractivity contribution in [3.05, 3.63) is 35.9 Å². The number of hydrogen-bond donors (Lipinski definition) is 5. The molecule has 11 heteroatoms. The van der Waals surface area contributed by atoms with Crippen LogP contribution in [0, 0.1) is 11.8 Å². The van der Waals surface area contributed by atoms with E-state index in [1.807, 2.05) is 58.0 Å². The molecule has 0 radical (unpaired) electrons. The summed E-state index contributed by atoms with van der Waals surface area (Å²) in [6.07, 6.45) is 3.03. The van der Waals surface area contributed by atoms with Crippen molar-refractivity contribution in [2.45, 2.75) is 110 Å². The van der Waals surface area contributed by atoms with E-state index in [4.69, 9.17) is 11.5 Å². The molecule has 5 atom stereocenters. The van der Waals surface area contributed by atoms with Crippen LogP contribution in [-0.2, 0) is 30.4 Å². The van der Waals surface area contributed by atoms with Gasteiger partial charge < -0.3 is 32.3 Å². The molecule has 240 valence electrons. The van der Waals surface area contributed by atoms with Gasteiger partial charge in [0.25, 0.3) is 0 Å². The van der Waals surface area contributed by atoms with Crippen LogP contribution in [0.1, 0.15) is 78.7 Å². The van der Waals surface area contributed by atoms with E-state index in [2.05, 4.69) is 16.0 Å². The third-order valence-electron chi connectivity index (χ3n) is 7.80. The second kappa shape index (κ2) is 17.7. The zero-order valence-corrected chi connectivity index (χ0v) is 26.4. The average Bonchev–Trinajstić information content (AvgIpc) is 3.46. The van der Waals surface area contributed by atoms with Crippen LogP contribution in [0.3, 0.4) is 0 Å². The van der Waals surface area contributed by atoms with E-state index in [0.29, 0.717) is 45.2 Å². The lowest BCUT2D eigenvalue weighted by molar-refractivity contribution is -0.142. The number of hydrogen-bond acceptors (Lipinski definition) is 7. The molecule has 43 heavy (non-hydrogen) atoms. The van der Waals surface area contributed by atoms with E-state index in [1.165, 1.54) is 4.90 Å². The number of carbonyl (C=O) groups is 5. The summed E-state index contributed by atoms with van der Waals surface area (Å²) in [5.74, 6) is -1.83. The van der Waals surface area contributed by atoms with Crippen molar-refractivity contribution in [1.82, 2.24) is 20.9 Å². The Bertz CT molecular complexity index is 1080. The van der Waals surface area contributed by atoms with Crippen molar-refractivity contribution >= 4 is 29.4 Å². The molecule has 0 saturated carbocycles. The maximum Gasteiger partial charge on any atom is 0.246 e. The van der Waals surface area contributed by atoms with E-state index >= 15 is 0 Å². The van der Waals surface area contributed by atoms with Gasteiger partial charge in [-0.05, 0) is 56.0 Å². The summed E-state index contributed by atoms with van der Waals surface area (Å²) in [5, 5.41) is 8.50. The van der Waals surface area contributed by atoms with Gasteiger partial charge in [-0.1, -0.05) is 65.0 Å². The maximum absolute atomic E-state index is 13.9. The number of likely N-dealkylation sites (tertiary alicyclic amines) is 1. The van der Waals surface area contributed by atoms with Gasteiger partial charge in [0.05, 0.1) is 12.1 Å². The molecule has 1 saturated heterocycles. The topological polar surface area (TPSA) is 177 Å². The summed E-state index contributed by atoms with van der Waals surface area (Å²) in [6.45, 7) is 10.0. The Balaban J connectivity index is 2.21. The predicted molar refractivity (Wildman–Crippen MR) is 167 cm³/mol. The lowest BCUT2D eigenvalue weighted by Crippen LogP contribution is -2.59. The van der Waals surface area contributed by atoms with E-state index < -0.39 is 47.9 Å². The Morgan fingerprint density at radius 3 is 2.19 bits per heavy atom. The van der Waals surface area contributed by atoms with Crippen molar-refractivity contribution < 1.29 is 24.0 Å². The first kappa shape index (κ1) is 35.9. The number of carbonyl (C=O) groups excluding carboxylic acids is 5. The largest absolute Gasteiger partial charge is 0.345 e. The SMILES string of the molecule is CCC(=O)[C@H](CCCN)NC(=O)[C@@H](NC(=O)[C@@H]1CCCN1C(=O)[C@@H](Cc1ccccc1)NC(=O)[C@@H](N)CC(C)C)C(C)C. The van der Waals surface area contributed by atoms with Crippen molar-refractivity contribution in [3.8, 4) is 0 Å². The summed E-state index contributed by atoms with van der Waals surface area (Å²) < 4.78 is 0. The molecular formula is C32H52N6O5. The van der Waals surface area contributed by atoms with Crippen molar-refractivity contribution in [2.75, 3.05) is 13.1 Å². The molecule has 7 N–H and O–H groups in total. The number of benzene rings is 1. The molecule has 1 aliphatic heterocycles. The first-order valence-electron chi connectivity index (χ1n) is 15.6. The molecular weight excluding hydrogens is 548 g/mol. The summed E-state index contributed by atoms with van der Waals surface area (Å²) in [7, 11) is 0. The van der Waals surface area contributed by atoms with Gasteiger partial charge >= 0.3 is 0 Å². The third-order valence-corrected chi connectivity index (χ3v) is 7.80. The van der Waals surface area contributed by atoms with Gasteiger partial charge in [0.15, 0.2) is 5.78 Å². The fraction of sp³-hybridized carbons (Fsp3) is 0.656. The van der Waals surface area contributed by atoms with Gasteiger partial charge in [0.2, 0.25) is 23.6 Å². The number of rotatable bonds is 17. The van der Waals surface area contributed by atoms with Crippen LogP contribution in [0.4, 0.5) is 0 Å². The molecule has 4 amide bonds. The van der Waals surface area contributed by atoms with Crippen LogP contribution in [0.5, 0.6) is 0 Å². The molecule has 11 nitrogen and oxygen atoms in total. The highest BCUT2D eigenvalue weighted by atomic mass is 16.2. The van der Waals surface area contributed by atoms with Gasteiger partial charge in [-0.25, -0.2) is 0 Å². The molecule has 2 rings (SSSR count). The van der Waals surface area contributed by atoms with E-state index in [-0.39, 0.29) is 36.4 Å². The predicted octanol–water partition coefficient (Wildman–Crippen LogP) is 1.42. The fourth-order valence-electron chi connectivity index (χ4n) is 5.37. The molecule has 1 aromatic carbocycles. The van der Waals surface area contributed by atoms with Crippen molar-refractivity contribution in [3.63, 3.8) is 0 Å². The minimum atomic E-state index is -0.908. The second-order valence-corrected chi connectivity index (χ2v) is 12.2. The number of amides is 4. The molecule has 1 aromatic rings. The highest BCUT2D eigenvalue weighted by Crippen LogP contribution is 2.21. The molecule has 1 fully saturated rings. The van der Waals surface area contributed by atoms with Gasteiger partial charge in [0.1, 0.15) is 18.1 Å². The van der Waals surface area contributed by atoms with Gasteiger partial charge in [-0.2, -0.15) is 0 Å². The number of nitrogens with zero attached hydrogens (tertiary/aromatic N) is 1. The van der Waals surface area contributed by atoms with Gasteiger partial charge in [-0.3, -0.25) is 24.0 Å². The number of ketones is 1. The highest BCUT2D eigenvalue weighted by molar-refractivity contribution is 5.96.